The van der Waals surface area contributed by atoms with Gasteiger partial charge >= 0.3 is 6.09 Å². The second kappa shape index (κ2) is 20.0. The molecular weight excluding hydrogens is 879 g/mol. The zero-order valence-corrected chi connectivity index (χ0v) is 38.2. The minimum Gasteiger partial charge on any atom is -0.497 e. The number of rotatable bonds is 19. The van der Waals surface area contributed by atoms with Gasteiger partial charge in [0.25, 0.3) is 0 Å². The van der Waals surface area contributed by atoms with E-state index in [1.54, 1.807) is 107 Å². The van der Waals surface area contributed by atoms with Crippen LogP contribution >= 0.6 is 0 Å². The summed E-state index contributed by atoms with van der Waals surface area (Å²) in [4.78, 5) is 15.7. The molecule has 65 heavy (non-hydrogen) atoms. The predicted octanol–water partition coefficient (Wildman–Crippen LogP) is 4.60. The highest BCUT2D eigenvalue weighted by molar-refractivity contribution is 7.92. The van der Waals surface area contributed by atoms with Gasteiger partial charge in [0.15, 0.2) is 0 Å². The van der Waals surface area contributed by atoms with E-state index in [0.29, 0.717) is 33.9 Å². The molecule has 2 aromatic heterocycles. The molecule has 0 saturated carbocycles. The summed E-state index contributed by atoms with van der Waals surface area (Å²) in [5.74, 6) is 1.51. The van der Waals surface area contributed by atoms with Crippen LogP contribution in [-0.4, -0.2) is 97.6 Å². The molecule has 0 radical (unpaired) electrons. The van der Waals surface area contributed by atoms with Gasteiger partial charge in [-0.15, -0.1) is 10.2 Å². The maximum atomic E-state index is 16.0. The van der Waals surface area contributed by atoms with Crippen molar-refractivity contribution < 1.29 is 45.7 Å². The highest BCUT2D eigenvalue weighted by atomic mass is 32.2. The summed E-state index contributed by atoms with van der Waals surface area (Å²) in [6, 6.07) is 24.6. The van der Waals surface area contributed by atoms with Gasteiger partial charge in [-0.05, 0) is 93.0 Å². The fraction of sp³-hybridized carbons (Fsp3) is 0.295. The molecular formula is C44H51N9O10S2. The number of nitrogens with one attached hydrogen (secondary N) is 1. The average Bonchev–Trinajstić information content (AvgIpc) is 3.75. The second-order valence-electron chi connectivity index (χ2n) is 15.9. The van der Waals surface area contributed by atoms with Crippen molar-refractivity contribution in [1.29, 1.82) is 0 Å². The van der Waals surface area contributed by atoms with Gasteiger partial charge in [-0.2, -0.15) is 9.10 Å². The molecule has 0 aliphatic rings. The number of pyridine rings is 1. The molecule has 2 heterocycles. The lowest BCUT2D eigenvalue weighted by molar-refractivity contribution is 0.0141. The molecule has 6 rings (SSSR count). The number of hydrogen-bond acceptors (Lipinski definition) is 15. The van der Waals surface area contributed by atoms with Gasteiger partial charge in [0.1, 0.15) is 39.5 Å². The quantitative estimate of drug-likeness (QED) is 0.0865. The Balaban J connectivity index is 1.65. The van der Waals surface area contributed by atoms with Gasteiger partial charge in [0, 0.05) is 19.3 Å². The Hall–Kier alpha value is -6.65. The Bertz CT molecular complexity index is 2770. The molecule has 19 nitrogen and oxygen atoms in total. The molecule has 0 fully saturated rings. The third-order valence-corrected chi connectivity index (χ3v) is 13.8. The normalized spacial score (nSPS) is 13.0. The lowest BCUT2D eigenvalue weighted by Gasteiger charge is -2.33. The van der Waals surface area contributed by atoms with Gasteiger partial charge in [-0.25, -0.2) is 31.3 Å². The Morgan fingerprint density at radius 1 is 0.815 bits per heavy atom. The van der Waals surface area contributed by atoms with Gasteiger partial charge in [0.2, 0.25) is 25.9 Å². The first-order valence-electron chi connectivity index (χ1n) is 20.0. The summed E-state index contributed by atoms with van der Waals surface area (Å²) in [7, 11) is -5.50. The van der Waals surface area contributed by atoms with E-state index in [-0.39, 0.29) is 42.4 Å². The van der Waals surface area contributed by atoms with E-state index >= 15 is 16.8 Å². The number of hydrogen-bond donors (Lipinski definition) is 4. The summed E-state index contributed by atoms with van der Waals surface area (Å²) >= 11 is 0. The maximum absolute atomic E-state index is 16.0. The number of nitrogens with two attached hydrogens (primary N) is 2. The molecule has 0 aliphatic carbocycles. The monoisotopic (exact) mass is 929 g/mol. The average molecular weight is 930 g/mol. The van der Waals surface area contributed by atoms with Crippen LogP contribution in [0.1, 0.15) is 37.5 Å². The molecule has 1 amide bonds. The number of aromatic nitrogens is 5. The van der Waals surface area contributed by atoms with Crippen LogP contribution in [0.5, 0.6) is 17.2 Å². The summed E-state index contributed by atoms with van der Waals surface area (Å²) in [6.07, 6.45) is -1.28. The molecule has 344 valence electrons. The van der Waals surface area contributed by atoms with Crippen molar-refractivity contribution >= 4 is 32.0 Å². The fourth-order valence-corrected chi connectivity index (χ4v) is 10.5. The first-order valence-corrected chi connectivity index (χ1v) is 22.9. The number of aliphatic hydroxyl groups is 1. The summed E-state index contributed by atoms with van der Waals surface area (Å²) in [6.45, 7) is 3.80. The van der Waals surface area contributed by atoms with E-state index in [1.807, 2.05) is 0 Å². The van der Waals surface area contributed by atoms with Gasteiger partial charge in [-0.3, -0.25) is 0 Å². The van der Waals surface area contributed by atoms with Crippen molar-refractivity contribution in [2.75, 3.05) is 33.7 Å². The Morgan fingerprint density at radius 2 is 1.35 bits per heavy atom. The van der Waals surface area contributed by atoms with Crippen LogP contribution in [0.15, 0.2) is 113 Å². The van der Waals surface area contributed by atoms with Gasteiger partial charge < -0.3 is 35.5 Å². The number of ether oxygens (including phenoxy) is 4. The molecule has 4 aromatic carbocycles. The van der Waals surface area contributed by atoms with Crippen molar-refractivity contribution in [1.82, 2.24) is 34.2 Å². The minimum atomic E-state index is -5.02. The van der Waals surface area contributed by atoms with Crippen LogP contribution in [0.4, 0.5) is 10.6 Å². The van der Waals surface area contributed by atoms with Crippen LogP contribution in [0.3, 0.4) is 0 Å². The topological polar surface area (TPSA) is 266 Å². The zero-order valence-electron chi connectivity index (χ0n) is 36.6. The fourth-order valence-electron chi connectivity index (χ4n) is 6.87. The lowest BCUT2D eigenvalue weighted by Crippen LogP contribution is -2.52. The van der Waals surface area contributed by atoms with Crippen molar-refractivity contribution in [2.45, 2.75) is 62.3 Å². The zero-order chi connectivity index (χ0) is 47.1. The SMILES string of the molecule is COc1ccc(CN(Cc2ccc(OC)cc2)S(=O)(=O)c2c(S(=O)(=O)N[C@H](COC(N)=O)[C@H](O)C(C)(C)C)ccc(-c3ccnc(N)c3)c2-c2nnn(Cc3ccc(OC)cc3)n2)cc1. The van der Waals surface area contributed by atoms with E-state index in [4.69, 9.17) is 30.4 Å². The number of nitrogens with zero attached hydrogens (tertiary/aromatic N) is 6. The number of tetrazole rings is 1. The second-order valence-corrected chi connectivity index (χ2v) is 19.5. The smallest absolute Gasteiger partial charge is 0.404 e. The van der Waals surface area contributed by atoms with Crippen molar-refractivity contribution in [3.63, 3.8) is 0 Å². The number of sulfonamides is 2. The molecule has 0 unspecified atom stereocenters. The Morgan fingerprint density at radius 3 is 1.85 bits per heavy atom. The molecule has 21 heteroatoms. The number of primary amides is 1. The predicted molar refractivity (Wildman–Crippen MR) is 241 cm³/mol. The molecule has 6 N–H and O–H groups in total. The van der Waals surface area contributed by atoms with Gasteiger partial charge in [0.05, 0.1) is 45.6 Å². The van der Waals surface area contributed by atoms with E-state index in [9.17, 15) is 9.90 Å². The summed E-state index contributed by atoms with van der Waals surface area (Å²) < 4.78 is 86.6. The number of nitrogen functional groups attached to an aromatic ring is 1. The highest BCUT2D eigenvalue weighted by Crippen LogP contribution is 2.42. The minimum absolute atomic E-state index is 0.0847. The maximum Gasteiger partial charge on any atom is 0.404 e. The number of amides is 1. The molecule has 6 aromatic rings. The third kappa shape index (κ3) is 11.5. The number of methoxy groups -OCH3 is 3. The molecule has 0 aliphatic heterocycles. The summed E-state index contributed by atoms with van der Waals surface area (Å²) in [5, 5.41) is 24.7. The van der Waals surface area contributed by atoms with Crippen LogP contribution in [-0.2, 0) is 44.4 Å². The number of carbonyl (C=O) groups excluding carboxylic acids is 1. The Kier molecular flexibility index (Phi) is 14.7. The van der Waals surface area contributed by atoms with E-state index in [2.05, 4.69) is 25.1 Å². The van der Waals surface area contributed by atoms with E-state index < -0.39 is 60.1 Å². The molecule has 2 atom stereocenters. The van der Waals surface area contributed by atoms with Crippen LogP contribution in [0.2, 0.25) is 0 Å². The number of benzene rings is 4. The number of aliphatic hydroxyl groups excluding tert-OH is 1. The molecule has 0 spiro atoms. The molecule has 0 bridgehead atoms. The van der Waals surface area contributed by atoms with Crippen molar-refractivity contribution in [2.24, 2.45) is 11.1 Å². The molecule has 0 saturated heterocycles. The summed E-state index contributed by atoms with van der Waals surface area (Å²) in [5.41, 5.74) is 12.5. The first kappa shape index (κ1) is 47.8. The van der Waals surface area contributed by atoms with E-state index in [1.165, 1.54) is 37.3 Å². The lowest BCUT2D eigenvalue weighted by atomic mass is 9.85. The van der Waals surface area contributed by atoms with Gasteiger partial charge in [-0.1, -0.05) is 63.2 Å². The largest absolute Gasteiger partial charge is 0.497 e. The standard InChI is InChI=1S/C44H51N9O10S2/c1-44(2,3)41(54)36(27-63-43(46)55)50-64(56,57)37-20-19-35(31-21-22-47-38(45)23-31)39(42-48-51-53(49-42)26-30-11-17-34(62-6)18-12-30)40(37)65(58,59)52(24-28-7-13-32(60-4)14-8-28)25-29-9-15-33(61-5)16-10-29/h7-23,36,41,50,54H,24-27H2,1-6H3,(H2,45,47)(H2,46,55)/t36-,41+/m1/s1. The number of anilines is 1. The number of carbonyl (C=O) groups is 1. The van der Waals surface area contributed by atoms with Crippen LogP contribution in [0.25, 0.3) is 22.5 Å². The first-order chi connectivity index (χ1) is 30.8. The Labute approximate surface area is 377 Å². The highest BCUT2D eigenvalue weighted by Gasteiger charge is 2.41. The van der Waals surface area contributed by atoms with Crippen LogP contribution in [0, 0.1) is 5.41 Å². The van der Waals surface area contributed by atoms with Crippen molar-refractivity contribution in [3.05, 3.63) is 120 Å². The van der Waals surface area contributed by atoms with E-state index in [0.717, 1.165) is 15.9 Å². The van der Waals surface area contributed by atoms with Crippen LogP contribution < -0.4 is 30.4 Å². The third-order valence-electron chi connectivity index (χ3n) is 10.3. The van der Waals surface area contributed by atoms with Crippen molar-refractivity contribution in [3.8, 4) is 39.8 Å².